The molecule has 0 radical (unpaired) electrons. The van der Waals surface area contributed by atoms with Crippen molar-refractivity contribution in [1.82, 2.24) is 5.32 Å². The Hall–Kier alpha value is -1.55. The average molecular weight is 291 g/mol. The maximum atomic E-state index is 11.8. The summed E-state index contributed by atoms with van der Waals surface area (Å²) >= 11 is 0. The van der Waals surface area contributed by atoms with Gasteiger partial charge in [0.25, 0.3) is 0 Å². The molecule has 118 valence electrons. The Kier molecular flexibility index (Phi) is 7.23. The molecule has 0 aliphatic rings. The molecule has 0 saturated heterocycles. The molecule has 1 amide bonds. The first-order chi connectivity index (χ1) is 9.93. The molecule has 0 aliphatic carbocycles. The lowest BCUT2D eigenvalue weighted by Gasteiger charge is -2.27. The van der Waals surface area contributed by atoms with Gasteiger partial charge in [0, 0.05) is 43.0 Å². The second-order valence-electron chi connectivity index (χ2n) is 5.83. The standard InChI is InChI=1S/C17H29N3O/c1-6-20(14(4)5)16-9-7-15(8-10-16)19-17(21)11-12-18-13(2)3/h7-10,13-14,18H,6,11-12H2,1-5H3,(H,19,21). The molecule has 1 aromatic carbocycles. The van der Waals surface area contributed by atoms with Crippen LogP contribution in [0.4, 0.5) is 11.4 Å². The first-order valence-corrected chi connectivity index (χ1v) is 7.84. The van der Waals surface area contributed by atoms with E-state index in [2.05, 4.69) is 62.3 Å². The zero-order valence-electron chi connectivity index (χ0n) is 13.9. The Morgan fingerprint density at radius 3 is 2.24 bits per heavy atom. The summed E-state index contributed by atoms with van der Waals surface area (Å²) in [7, 11) is 0. The van der Waals surface area contributed by atoms with Crippen LogP contribution >= 0.6 is 0 Å². The highest BCUT2D eigenvalue weighted by Crippen LogP contribution is 2.19. The van der Waals surface area contributed by atoms with E-state index in [1.807, 2.05) is 12.1 Å². The summed E-state index contributed by atoms with van der Waals surface area (Å²) in [5, 5.41) is 6.17. The lowest BCUT2D eigenvalue weighted by atomic mass is 10.2. The predicted octanol–water partition coefficient (Wildman–Crippen LogP) is 3.25. The van der Waals surface area contributed by atoms with Crippen LogP contribution in [0, 0.1) is 0 Å². The number of hydrogen-bond acceptors (Lipinski definition) is 3. The van der Waals surface area contributed by atoms with E-state index < -0.39 is 0 Å². The van der Waals surface area contributed by atoms with Gasteiger partial charge in [-0.1, -0.05) is 13.8 Å². The first kappa shape index (κ1) is 17.5. The van der Waals surface area contributed by atoms with Crippen LogP contribution in [0.1, 0.15) is 41.0 Å². The van der Waals surface area contributed by atoms with E-state index in [9.17, 15) is 4.79 Å². The molecule has 4 nitrogen and oxygen atoms in total. The normalized spacial score (nSPS) is 11.0. The second kappa shape index (κ2) is 8.67. The highest BCUT2D eigenvalue weighted by Gasteiger charge is 2.08. The van der Waals surface area contributed by atoms with Gasteiger partial charge in [-0.3, -0.25) is 4.79 Å². The fraction of sp³-hybridized carbons (Fsp3) is 0.588. The molecule has 0 spiro atoms. The van der Waals surface area contributed by atoms with Crippen LogP contribution < -0.4 is 15.5 Å². The molecule has 4 heteroatoms. The minimum atomic E-state index is 0.0482. The Labute approximate surface area is 128 Å². The Morgan fingerprint density at radius 2 is 1.76 bits per heavy atom. The van der Waals surface area contributed by atoms with Crippen LogP contribution in [0.5, 0.6) is 0 Å². The van der Waals surface area contributed by atoms with Crippen LogP contribution in [0.15, 0.2) is 24.3 Å². The number of anilines is 2. The molecule has 0 unspecified atom stereocenters. The van der Waals surface area contributed by atoms with Gasteiger partial charge in [0.15, 0.2) is 0 Å². The molecule has 0 atom stereocenters. The monoisotopic (exact) mass is 291 g/mol. The second-order valence-corrected chi connectivity index (χ2v) is 5.83. The first-order valence-electron chi connectivity index (χ1n) is 7.84. The van der Waals surface area contributed by atoms with Crippen molar-refractivity contribution in [2.75, 3.05) is 23.3 Å². The Morgan fingerprint density at radius 1 is 1.14 bits per heavy atom. The van der Waals surface area contributed by atoms with Gasteiger partial charge in [0.2, 0.25) is 5.91 Å². The molecular weight excluding hydrogens is 262 g/mol. The molecule has 0 fully saturated rings. The van der Waals surface area contributed by atoms with Crippen LogP contribution in [0.3, 0.4) is 0 Å². The molecule has 0 heterocycles. The minimum Gasteiger partial charge on any atom is -0.369 e. The van der Waals surface area contributed by atoms with E-state index in [1.54, 1.807) is 0 Å². The summed E-state index contributed by atoms with van der Waals surface area (Å²) in [5.41, 5.74) is 2.04. The number of rotatable bonds is 8. The Balaban J connectivity index is 2.52. The van der Waals surface area contributed by atoms with E-state index in [1.165, 1.54) is 5.69 Å². The third kappa shape index (κ3) is 6.17. The lowest BCUT2D eigenvalue weighted by Crippen LogP contribution is -2.30. The predicted molar refractivity (Wildman–Crippen MR) is 91.0 cm³/mol. The summed E-state index contributed by atoms with van der Waals surface area (Å²) in [6, 6.07) is 8.94. The van der Waals surface area contributed by atoms with E-state index >= 15 is 0 Å². The highest BCUT2D eigenvalue weighted by atomic mass is 16.1. The van der Waals surface area contributed by atoms with Gasteiger partial charge in [-0.2, -0.15) is 0 Å². The van der Waals surface area contributed by atoms with Crippen LogP contribution in [0.25, 0.3) is 0 Å². The largest absolute Gasteiger partial charge is 0.369 e. The van der Waals surface area contributed by atoms with Crippen molar-refractivity contribution in [3.63, 3.8) is 0 Å². The summed E-state index contributed by atoms with van der Waals surface area (Å²) in [5.74, 6) is 0.0482. The molecule has 0 aliphatic heterocycles. The van der Waals surface area contributed by atoms with Crippen LogP contribution in [0.2, 0.25) is 0 Å². The summed E-state index contributed by atoms with van der Waals surface area (Å²) in [6.07, 6.45) is 0.493. The van der Waals surface area contributed by atoms with E-state index in [0.29, 0.717) is 25.0 Å². The van der Waals surface area contributed by atoms with Gasteiger partial charge in [0.1, 0.15) is 0 Å². The van der Waals surface area contributed by atoms with Gasteiger partial charge in [-0.25, -0.2) is 0 Å². The fourth-order valence-corrected chi connectivity index (χ4v) is 2.28. The Bertz CT molecular complexity index is 426. The number of carbonyl (C=O) groups excluding carboxylic acids is 1. The smallest absolute Gasteiger partial charge is 0.225 e. The molecule has 0 aromatic heterocycles. The van der Waals surface area contributed by atoms with Crippen LogP contribution in [-0.4, -0.2) is 31.1 Å². The van der Waals surface area contributed by atoms with Crippen molar-refractivity contribution < 1.29 is 4.79 Å². The van der Waals surface area contributed by atoms with E-state index in [-0.39, 0.29) is 5.91 Å². The quantitative estimate of drug-likeness (QED) is 0.773. The zero-order chi connectivity index (χ0) is 15.8. The third-order valence-corrected chi connectivity index (χ3v) is 3.35. The van der Waals surface area contributed by atoms with Crippen molar-refractivity contribution in [1.29, 1.82) is 0 Å². The van der Waals surface area contributed by atoms with E-state index in [0.717, 1.165) is 12.2 Å². The number of nitrogens with zero attached hydrogens (tertiary/aromatic N) is 1. The summed E-state index contributed by atoms with van der Waals surface area (Å²) < 4.78 is 0. The molecule has 0 saturated carbocycles. The molecule has 2 N–H and O–H groups in total. The van der Waals surface area contributed by atoms with Crippen molar-refractivity contribution >= 4 is 17.3 Å². The maximum absolute atomic E-state index is 11.8. The maximum Gasteiger partial charge on any atom is 0.225 e. The molecule has 1 rings (SSSR count). The zero-order valence-corrected chi connectivity index (χ0v) is 13.9. The molecular formula is C17H29N3O. The van der Waals surface area contributed by atoms with Gasteiger partial charge < -0.3 is 15.5 Å². The van der Waals surface area contributed by atoms with Gasteiger partial charge in [-0.15, -0.1) is 0 Å². The van der Waals surface area contributed by atoms with E-state index in [4.69, 9.17) is 0 Å². The van der Waals surface area contributed by atoms with Gasteiger partial charge >= 0.3 is 0 Å². The summed E-state index contributed by atoms with van der Waals surface area (Å²) in [4.78, 5) is 14.1. The highest BCUT2D eigenvalue weighted by molar-refractivity contribution is 5.91. The molecule has 0 bridgehead atoms. The van der Waals surface area contributed by atoms with Crippen molar-refractivity contribution in [3.05, 3.63) is 24.3 Å². The van der Waals surface area contributed by atoms with Crippen molar-refractivity contribution in [2.45, 2.75) is 53.1 Å². The number of carbonyl (C=O) groups is 1. The van der Waals surface area contributed by atoms with Crippen LogP contribution in [-0.2, 0) is 4.79 Å². The number of benzene rings is 1. The number of amides is 1. The average Bonchev–Trinajstić information content (AvgIpc) is 2.40. The summed E-state index contributed by atoms with van der Waals surface area (Å²) in [6.45, 7) is 12.3. The number of hydrogen-bond donors (Lipinski definition) is 2. The molecule has 1 aromatic rings. The van der Waals surface area contributed by atoms with Crippen molar-refractivity contribution in [2.24, 2.45) is 0 Å². The minimum absolute atomic E-state index is 0.0482. The molecule has 21 heavy (non-hydrogen) atoms. The van der Waals surface area contributed by atoms with Crippen molar-refractivity contribution in [3.8, 4) is 0 Å². The fourth-order valence-electron chi connectivity index (χ4n) is 2.28. The van der Waals surface area contributed by atoms with Gasteiger partial charge in [0.05, 0.1) is 0 Å². The van der Waals surface area contributed by atoms with Gasteiger partial charge in [-0.05, 0) is 45.0 Å². The lowest BCUT2D eigenvalue weighted by molar-refractivity contribution is -0.116. The SMILES string of the molecule is CCN(c1ccc(NC(=O)CCNC(C)C)cc1)C(C)C. The third-order valence-electron chi connectivity index (χ3n) is 3.35. The topological polar surface area (TPSA) is 44.4 Å². The number of nitrogens with one attached hydrogen (secondary N) is 2.